The average molecular weight is 466 g/mol. The van der Waals surface area contributed by atoms with Crippen molar-refractivity contribution in [3.63, 3.8) is 0 Å². The summed E-state index contributed by atoms with van der Waals surface area (Å²) < 4.78 is 0. The zero-order chi connectivity index (χ0) is 24.0. The number of hydrogen-bond acceptors (Lipinski definition) is 5. The standard InChI is InChI=1S/C26H23N7O2/c34-24(15-14-21-16-27-23-9-5-4-8-22(21)23)28-30-26(35)20-12-10-18(11-13-20)17-33-31-25(29-32-33)19-6-2-1-3-7-19/h1-13,16,27H,14-15,17H2,(H,28,34)(H,30,35). The van der Waals surface area contributed by atoms with E-state index in [0.29, 0.717) is 24.4 Å². The number of rotatable bonds is 7. The maximum absolute atomic E-state index is 12.4. The molecule has 9 nitrogen and oxygen atoms in total. The van der Waals surface area contributed by atoms with Crippen LogP contribution in [-0.4, -0.2) is 37.0 Å². The maximum Gasteiger partial charge on any atom is 0.269 e. The molecule has 35 heavy (non-hydrogen) atoms. The highest BCUT2D eigenvalue weighted by molar-refractivity contribution is 5.95. The Hall–Kier alpha value is -4.79. The Morgan fingerprint density at radius 3 is 2.49 bits per heavy atom. The molecule has 5 aromatic rings. The van der Waals surface area contributed by atoms with Crippen LogP contribution in [0.15, 0.2) is 85.1 Å². The van der Waals surface area contributed by atoms with Gasteiger partial charge in [0.05, 0.1) is 6.54 Å². The highest BCUT2D eigenvalue weighted by atomic mass is 16.2. The van der Waals surface area contributed by atoms with E-state index in [9.17, 15) is 9.59 Å². The SMILES string of the molecule is O=C(CCc1c[nH]c2ccccc12)NNC(=O)c1ccc(Cn2nnc(-c3ccccc3)n2)cc1. The van der Waals surface area contributed by atoms with Gasteiger partial charge in [-0.1, -0.05) is 60.7 Å². The number of carbonyl (C=O) groups is 2. The normalized spacial score (nSPS) is 10.9. The van der Waals surface area contributed by atoms with Crippen LogP contribution >= 0.6 is 0 Å². The second kappa shape index (κ2) is 10.0. The van der Waals surface area contributed by atoms with Crippen molar-refractivity contribution in [2.24, 2.45) is 0 Å². The van der Waals surface area contributed by atoms with Gasteiger partial charge in [0, 0.05) is 34.6 Å². The van der Waals surface area contributed by atoms with E-state index in [0.717, 1.165) is 27.6 Å². The molecular formula is C26H23N7O2. The quantitative estimate of drug-likeness (QED) is 0.319. The Labute approximate surface area is 201 Å². The predicted molar refractivity (Wildman–Crippen MR) is 131 cm³/mol. The first-order valence-corrected chi connectivity index (χ1v) is 11.2. The third kappa shape index (κ3) is 5.25. The van der Waals surface area contributed by atoms with Crippen LogP contribution in [0, 0.1) is 0 Å². The minimum Gasteiger partial charge on any atom is -0.361 e. The van der Waals surface area contributed by atoms with Gasteiger partial charge in [-0.3, -0.25) is 20.4 Å². The zero-order valence-corrected chi connectivity index (χ0v) is 18.8. The lowest BCUT2D eigenvalue weighted by molar-refractivity contribution is -0.121. The Kier molecular flexibility index (Phi) is 6.29. The summed E-state index contributed by atoms with van der Waals surface area (Å²) in [7, 11) is 0. The van der Waals surface area contributed by atoms with Crippen LogP contribution in [0.3, 0.4) is 0 Å². The molecule has 2 amide bonds. The van der Waals surface area contributed by atoms with Crippen molar-refractivity contribution in [3.8, 4) is 11.4 Å². The number of para-hydroxylation sites is 1. The number of aryl methyl sites for hydroxylation is 1. The number of aromatic amines is 1. The fraction of sp³-hybridized carbons (Fsp3) is 0.115. The van der Waals surface area contributed by atoms with Gasteiger partial charge in [0.25, 0.3) is 5.91 Å². The molecule has 0 saturated carbocycles. The number of aromatic nitrogens is 5. The van der Waals surface area contributed by atoms with Crippen molar-refractivity contribution >= 4 is 22.7 Å². The average Bonchev–Trinajstić information content (AvgIpc) is 3.54. The first-order valence-electron chi connectivity index (χ1n) is 11.2. The first-order chi connectivity index (χ1) is 17.2. The fourth-order valence-corrected chi connectivity index (χ4v) is 3.79. The monoisotopic (exact) mass is 465 g/mol. The van der Waals surface area contributed by atoms with Gasteiger partial charge in [-0.2, -0.15) is 4.80 Å². The number of hydrazine groups is 1. The molecule has 0 aliphatic carbocycles. The van der Waals surface area contributed by atoms with Gasteiger partial charge in [0.15, 0.2) is 0 Å². The largest absolute Gasteiger partial charge is 0.361 e. The third-order valence-corrected chi connectivity index (χ3v) is 5.64. The van der Waals surface area contributed by atoms with Gasteiger partial charge in [0.2, 0.25) is 11.7 Å². The van der Waals surface area contributed by atoms with Crippen molar-refractivity contribution < 1.29 is 9.59 Å². The van der Waals surface area contributed by atoms with E-state index in [1.807, 2.05) is 72.9 Å². The lowest BCUT2D eigenvalue weighted by Gasteiger charge is -2.08. The Balaban J connectivity index is 1.11. The fourth-order valence-electron chi connectivity index (χ4n) is 3.79. The molecule has 0 atom stereocenters. The number of fused-ring (bicyclic) bond motifs is 1. The van der Waals surface area contributed by atoms with Crippen LogP contribution in [0.5, 0.6) is 0 Å². The van der Waals surface area contributed by atoms with Crippen LogP contribution < -0.4 is 10.9 Å². The third-order valence-electron chi connectivity index (χ3n) is 5.64. The summed E-state index contributed by atoms with van der Waals surface area (Å²) in [5, 5.41) is 13.7. The number of hydrogen-bond donors (Lipinski definition) is 3. The number of tetrazole rings is 1. The smallest absolute Gasteiger partial charge is 0.269 e. The first kappa shape index (κ1) is 22.0. The van der Waals surface area contributed by atoms with E-state index in [4.69, 9.17) is 0 Å². The van der Waals surface area contributed by atoms with E-state index >= 15 is 0 Å². The maximum atomic E-state index is 12.4. The molecule has 0 bridgehead atoms. The van der Waals surface area contributed by atoms with Crippen molar-refractivity contribution in [3.05, 3.63) is 102 Å². The number of H-pyrrole nitrogens is 1. The highest BCUT2D eigenvalue weighted by Gasteiger charge is 2.10. The predicted octanol–water partition coefficient (Wildman–Crippen LogP) is 3.26. The van der Waals surface area contributed by atoms with Crippen molar-refractivity contribution in [2.75, 3.05) is 0 Å². The second-order valence-electron chi connectivity index (χ2n) is 8.07. The molecule has 0 radical (unpaired) electrons. The summed E-state index contributed by atoms with van der Waals surface area (Å²) in [6, 6.07) is 24.6. The Morgan fingerprint density at radius 1 is 0.886 bits per heavy atom. The van der Waals surface area contributed by atoms with Gasteiger partial charge in [0.1, 0.15) is 0 Å². The summed E-state index contributed by atoms with van der Waals surface area (Å²) in [5.74, 6) is -0.0870. The highest BCUT2D eigenvalue weighted by Crippen LogP contribution is 2.19. The van der Waals surface area contributed by atoms with Crippen molar-refractivity contribution in [1.82, 2.24) is 36.0 Å². The molecule has 0 aliphatic heterocycles. The Bertz CT molecular complexity index is 1460. The number of amides is 2. The molecule has 0 saturated heterocycles. The minimum absolute atomic E-state index is 0.258. The molecule has 3 N–H and O–H groups in total. The lowest BCUT2D eigenvalue weighted by Crippen LogP contribution is -2.41. The second-order valence-corrected chi connectivity index (χ2v) is 8.07. The molecule has 0 unspecified atom stereocenters. The Morgan fingerprint density at radius 2 is 1.66 bits per heavy atom. The molecular weight excluding hydrogens is 442 g/mol. The van der Waals surface area contributed by atoms with Crippen LogP contribution in [0.1, 0.15) is 27.9 Å². The van der Waals surface area contributed by atoms with Gasteiger partial charge < -0.3 is 4.98 Å². The van der Waals surface area contributed by atoms with Gasteiger partial charge >= 0.3 is 0 Å². The molecule has 0 aliphatic rings. The molecule has 0 fully saturated rings. The molecule has 3 aromatic carbocycles. The van der Waals surface area contributed by atoms with E-state index in [1.165, 1.54) is 4.80 Å². The molecule has 5 rings (SSSR count). The summed E-state index contributed by atoms with van der Waals surface area (Å²) in [4.78, 5) is 29.3. The van der Waals surface area contributed by atoms with Crippen LogP contribution in [-0.2, 0) is 17.8 Å². The van der Waals surface area contributed by atoms with Gasteiger partial charge in [-0.25, -0.2) is 0 Å². The van der Waals surface area contributed by atoms with Crippen molar-refractivity contribution in [1.29, 1.82) is 0 Å². The molecule has 0 spiro atoms. The topological polar surface area (TPSA) is 118 Å². The van der Waals surface area contributed by atoms with Crippen LogP contribution in [0.25, 0.3) is 22.3 Å². The summed E-state index contributed by atoms with van der Waals surface area (Å²) in [6.45, 7) is 0.423. The number of benzene rings is 3. The number of carbonyl (C=O) groups excluding carboxylic acids is 2. The van der Waals surface area contributed by atoms with Gasteiger partial charge in [-0.15, -0.1) is 10.2 Å². The van der Waals surface area contributed by atoms with Crippen LogP contribution in [0.4, 0.5) is 0 Å². The van der Waals surface area contributed by atoms with E-state index in [1.54, 1.807) is 12.1 Å². The minimum atomic E-state index is -0.387. The summed E-state index contributed by atoms with van der Waals surface area (Å²) >= 11 is 0. The molecule has 174 valence electrons. The number of nitrogens with zero attached hydrogens (tertiary/aromatic N) is 4. The van der Waals surface area contributed by atoms with Gasteiger partial charge in [-0.05, 0) is 41.0 Å². The van der Waals surface area contributed by atoms with E-state index in [-0.39, 0.29) is 18.2 Å². The van der Waals surface area contributed by atoms with E-state index < -0.39 is 0 Å². The molecule has 9 heteroatoms. The zero-order valence-electron chi connectivity index (χ0n) is 18.8. The van der Waals surface area contributed by atoms with E-state index in [2.05, 4.69) is 31.2 Å². The van der Waals surface area contributed by atoms with Crippen molar-refractivity contribution in [2.45, 2.75) is 19.4 Å². The lowest BCUT2D eigenvalue weighted by atomic mass is 10.1. The molecule has 2 aromatic heterocycles. The summed E-state index contributed by atoms with van der Waals surface area (Å²) in [6.07, 6.45) is 2.75. The van der Waals surface area contributed by atoms with Crippen LogP contribution in [0.2, 0.25) is 0 Å². The summed E-state index contributed by atoms with van der Waals surface area (Å²) in [5.41, 5.74) is 9.30. The number of nitrogens with one attached hydrogen (secondary N) is 3. The molecule has 2 heterocycles.